The molecule has 0 aliphatic carbocycles. The Hall–Kier alpha value is -1.79. The van der Waals surface area contributed by atoms with E-state index in [1.54, 1.807) is 4.90 Å². The van der Waals surface area contributed by atoms with Crippen LogP contribution >= 0.6 is 0 Å². The summed E-state index contributed by atoms with van der Waals surface area (Å²) in [4.78, 5) is 14.2. The van der Waals surface area contributed by atoms with Gasteiger partial charge in [0, 0.05) is 19.5 Å². The van der Waals surface area contributed by atoms with Gasteiger partial charge in [-0.15, -0.1) is 0 Å². The molecule has 6 nitrogen and oxygen atoms in total. The molecule has 0 radical (unpaired) electrons. The van der Waals surface area contributed by atoms with Gasteiger partial charge in [0.25, 0.3) is 5.91 Å². The Bertz CT molecular complexity index is 585. The predicted molar refractivity (Wildman–Crippen MR) is 83.4 cm³/mol. The number of rotatable bonds is 1. The molecule has 0 saturated carbocycles. The van der Waals surface area contributed by atoms with Gasteiger partial charge in [-0.3, -0.25) is 4.79 Å². The highest BCUT2D eigenvalue weighted by atomic mass is 16.5. The van der Waals surface area contributed by atoms with Gasteiger partial charge in [0.1, 0.15) is 17.1 Å². The smallest absolute Gasteiger partial charge is 0.261 e. The first-order chi connectivity index (χ1) is 10.8. The minimum atomic E-state index is -0.722. The van der Waals surface area contributed by atoms with E-state index in [0.29, 0.717) is 45.4 Å². The second kappa shape index (κ2) is 5.69. The lowest BCUT2D eigenvalue weighted by atomic mass is 9.78. The number of phenols is 2. The molecule has 1 amide bonds. The van der Waals surface area contributed by atoms with Gasteiger partial charge in [-0.2, -0.15) is 0 Å². The summed E-state index contributed by atoms with van der Waals surface area (Å²) in [6, 6.07) is 4.27. The number of nitrogens with zero attached hydrogens (tertiary/aromatic N) is 1. The van der Waals surface area contributed by atoms with E-state index in [4.69, 9.17) is 4.74 Å². The second-order valence-electron chi connectivity index (χ2n) is 6.92. The summed E-state index contributed by atoms with van der Waals surface area (Å²) < 4.78 is 5.93. The van der Waals surface area contributed by atoms with E-state index in [1.807, 2.05) is 6.92 Å². The highest BCUT2D eigenvalue weighted by Crippen LogP contribution is 2.40. The Morgan fingerprint density at radius 3 is 2.35 bits per heavy atom. The number of piperidine rings is 1. The van der Waals surface area contributed by atoms with Crippen LogP contribution in [0.15, 0.2) is 18.2 Å². The van der Waals surface area contributed by atoms with Gasteiger partial charge in [0.15, 0.2) is 0 Å². The van der Waals surface area contributed by atoms with E-state index in [1.165, 1.54) is 18.2 Å². The molecular formula is C17H23NO5. The van der Waals surface area contributed by atoms with Crippen molar-refractivity contribution in [2.45, 2.75) is 43.8 Å². The van der Waals surface area contributed by atoms with Crippen LogP contribution in [0.3, 0.4) is 0 Å². The van der Waals surface area contributed by atoms with Crippen LogP contribution < -0.4 is 0 Å². The number of ether oxygens (including phenoxy) is 1. The molecule has 1 unspecified atom stereocenters. The fraction of sp³-hybridized carbons (Fsp3) is 0.588. The van der Waals surface area contributed by atoms with Crippen LogP contribution in [0.1, 0.15) is 43.0 Å². The highest BCUT2D eigenvalue weighted by molar-refractivity contribution is 5.99. The zero-order chi connectivity index (χ0) is 16.7. The number of carbonyl (C=O) groups excluding carboxylic acids is 1. The SMILES string of the molecule is CC1(O)CCOC2(CCN(C(=O)c3c(O)cccc3O)CC2)C1. The lowest BCUT2D eigenvalue weighted by Gasteiger charge is -2.48. The van der Waals surface area contributed by atoms with Gasteiger partial charge in [-0.1, -0.05) is 6.07 Å². The van der Waals surface area contributed by atoms with E-state index in [2.05, 4.69) is 0 Å². The molecule has 3 rings (SSSR count). The zero-order valence-electron chi connectivity index (χ0n) is 13.3. The third-order valence-corrected chi connectivity index (χ3v) is 4.95. The van der Waals surface area contributed by atoms with Crippen LogP contribution in [-0.4, -0.2) is 57.0 Å². The van der Waals surface area contributed by atoms with Gasteiger partial charge in [-0.25, -0.2) is 0 Å². The summed E-state index contributed by atoms with van der Waals surface area (Å²) in [5.74, 6) is -0.808. The van der Waals surface area contributed by atoms with E-state index in [9.17, 15) is 20.1 Å². The van der Waals surface area contributed by atoms with Crippen LogP contribution in [0.4, 0.5) is 0 Å². The van der Waals surface area contributed by atoms with E-state index < -0.39 is 5.60 Å². The van der Waals surface area contributed by atoms with Crippen LogP contribution in [0.2, 0.25) is 0 Å². The summed E-state index contributed by atoms with van der Waals surface area (Å²) in [6.45, 7) is 3.31. The third-order valence-electron chi connectivity index (χ3n) is 4.95. The minimum absolute atomic E-state index is 0.0555. The van der Waals surface area contributed by atoms with Crippen molar-refractivity contribution >= 4 is 5.91 Å². The predicted octanol–water partition coefficient (Wildman–Crippen LogP) is 1.63. The molecule has 1 atom stereocenters. The van der Waals surface area contributed by atoms with Gasteiger partial charge in [0.05, 0.1) is 17.8 Å². The number of likely N-dealkylation sites (tertiary alicyclic amines) is 1. The van der Waals surface area contributed by atoms with E-state index in [-0.39, 0.29) is 28.6 Å². The summed E-state index contributed by atoms with van der Waals surface area (Å²) in [6.07, 6.45) is 2.49. The average Bonchev–Trinajstić information content (AvgIpc) is 2.46. The number of benzene rings is 1. The van der Waals surface area contributed by atoms with Crippen LogP contribution in [0.5, 0.6) is 11.5 Å². The standard InChI is InChI=1S/C17H23NO5/c1-16(22)7-10-23-17(11-16)5-8-18(9-6-17)15(21)14-12(19)3-2-4-13(14)20/h2-4,19-20,22H,5-11H2,1H3. The Morgan fingerprint density at radius 1 is 1.17 bits per heavy atom. The Balaban J connectivity index is 1.71. The molecular weight excluding hydrogens is 298 g/mol. The second-order valence-corrected chi connectivity index (χ2v) is 6.92. The number of hydrogen-bond acceptors (Lipinski definition) is 5. The molecule has 0 bridgehead atoms. The molecule has 1 aromatic carbocycles. The Morgan fingerprint density at radius 2 is 1.78 bits per heavy atom. The van der Waals surface area contributed by atoms with Crippen molar-refractivity contribution in [1.82, 2.24) is 4.90 Å². The number of hydrogen-bond donors (Lipinski definition) is 3. The third kappa shape index (κ3) is 3.14. The number of aromatic hydroxyl groups is 2. The fourth-order valence-corrected chi connectivity index (χ4v) is 3.66. The quantitative estimate of drug-likeness (QED) is 0.731. The first-order valence-corrected chi connectivity index (χ1v) is 7.99. The molecule has 1 aromatic rings. The number of phenolic OH excluding ortho intramolecular Hbond substituents is 2. The molecule has 1 spiro atoms. The Labute approximate surface area is 135 Å². The molecule has 2 aliphatic heterocycles. The summed E-state index contributed by atoms with van der Waals surface area (Å²) in [5, 5.41) is 30.0. The largest absolute Gasteiger partial charge is 0.507 e. The normalized spacial score (nSPS) is 27.1. The van der Waals surface area contributed by atoms with Crippen LogP contribution in [-0.2, 0) is 4.74 Å². The van der Waals surface area contributed by atoms with Crippen LogP contribution in [0.25, 0.3) is 0 Å². The molecule has 2 saturated heterocycles. The first kappa shape index (κ1) is 16.1. The molecule has 2 fully saturated rings. The van der Waals surface area contributed by atoms with Gasteiger partial charge < -0.3 is 25.0 Å². The molecule has 6 heteroatoms. The van der Waals surface area contributed by atoms with Crippen molar-refractivity contribution < 1.29 is 24.9 Å². The van der Waals surface area contributed by atoms with Crippen LogP contribution in [0, 0.1) is 0 Å². The molecule has 23 heavy (non-hydrogen) atoms. The molecule has 2 heterocycles. The minimum Gasteiger partial charge on any atom is -0.507 e. The summed E-state index contributed by atoms with van der Waals surface area (Å²) in [7, 11) is 0. The number of aliphatic hydroxyl groups is 1. The average molecular weight is 321 g/mol. The van der Waals surface area contributed by atoms with E-state index in [0.717, 1.165) is 0 Å². The monoisotopic (exact) mass is 321 g/mol. The molecule has 126 valence electrons. The van der Waals surface area contributed by atoms with Gasteiger partial charge in [0.2, 0.25) is 0 Å². The maximum atomic E-state index is 12.6. The highest BCUT2D eigenvalue weighted by Gasteiger charge is 2.45. The number of amides is 1. The van der Waals surface area contributed by atoms with Crippen molar-refractivity contribution in [3.63, 3.8) is 0 Å². The van der Waals surface area contributed by atoms with Gasteiger partial charge >= 0.3 is 0 Å². The summed E-state index contributed by atoms with van der Waals surface area (Å²) in [5.41, 5.74) is -1.15. The molecule has 0 aromatic heterocycles. The van der Waals surface area contributed by atoms with Crippen molar-refractivity contribution in [3.05, 3.63) is 23.8 Å². The van der Waals surface area contributed by atoms with Crippen molar-refractivity contribution in [1.29, 1.82) is 0 Å². The Kier molecular flexibility index (Phi) is 3.98. The first-order valence-electron chi connectivity index (χ1n) is 7.99. The maximum Gasteiger partial charge on any atom is 0.261 e. The maximum absolute atomic E-state index is 12.6. The van der Waals surface area contributed by atoms with E-state index >= 15 is 0 Å². The van der Waals surface area contributed by atoms with Gasteiger partial charge in [-0.05, 0) is 38.3 Å². The van der Waals surface area contributed by atoms with Crippen molar-refractivity contribution in [2.75, 3.05) is 19.7 Å². The summed E-state index contributed by atoms with van der Waals surface area (Å²) >= 11 is 0. The lowest BCUT2D eigenvalue weighted by Crippen LogP contribution is -2.54. The fourth-order valence-electron chi connectivity index (χ4n) is 3.66. The number of carbonyl (C=O) groups is 1. The topological polar surface area (TPSA) is 90.2 Å². The lowest BCUT2D eigenvalue weighted by molar-refractivity contribution is -0.170. The van der Waals surface area contributed by atoms with Crippen molar-refractivity contribution in [2.24, 2.45) is 0 Å². The molecule has 2 aliphatic rings. The zero-order valence-corrected chi connectivity index (χ0v) is 13.3. The molecule has 3 N–H and O–H groups in total. The van der Waals surface area contributed by atoms with Crippen molar-refractivity contribution in [3.8, 4) is 11.5 Å².